The predicted octanol–water partition coefficient (Wildman–Crippen LogP) is 3.58. The Hall–Kier alpha value is -1.77. The van der Waals surface area contributed by atoms with Gasteiger partial charge in [0, 0.05) is 10.9 Å². The van der Waals surface area contributed by atoms with Crippen LogP contribution in [0.1, 0.15) is 39.7 Å². The summed E-state index contributed by atoms with van der Waals surface area (Å²) in [6, 6.07) is 1.89. The van der Waals surface area contributed by atoms with Crippen molar-refractivity contribution < 1.29 is 9.53 Å². The number of fused-ring (bicyclic) bond motifs is 1. The number of aryl methyl sites for hydroxylation is 2. The molecule has 1 aromatic heterocycles. The van der Waals surface area contributed by atoms with Crippen LogP contribution >= 0.6 is 0 Å². The highest BCUT2D eigenvalue weighted by Crippen LogP contribution is 2.29. The van der Waals surface area contributed by atoms with E-state index in [1.807, 2.05) is 13.0 Å². The number of rotatable bonds is 2. The summed E-state index contributed by atoms with van der Waals surface area (Å²) in [5, 5.41) is 1.11. The Morgan fingerprint density at radius 3 is 2.33 bits per heavy atom. The van der Waals surface area contributed by atoms with Crippen molar-refractivity contribution in [2.24, 2.45) is 0 Å². The SMILES string of the molecule is CCOC(=O)c1cc2c(C)c(C)c(C)c(C)c2[nH]1. The van der Waals surface area contributed by atoms with Crippen LogP contribution in [-0.4, -0.2) is 17.6 Å². The van der Waals surface area contributed by atoms with Gasteiger partial charge in [0.05, 0.1) is 6.61 Å². The number of esters is 1. The van der Waals surface area contributed by atoms with E-state index in [2.05, 4.69) is 32.7 Å². The molecule has 0 aliphatic heterocycles. The summed E-state index contributed by atoms with van der Waals surface area (Å²) in [5.41, 5.74) is 6.55. The van der Waals surface area contributed by atoms with E-state index in [1.54, 1.807) is 0 Å². The summed E-state index contributed by atoms with van der Waals surface area (Å²) >= 11 is 0. The Bertz CT molecular complexity index is 578. The minimum absolute atomic E-state index is 0.289. The molecule has 3 heteroatoms. The molecule has 3 nitrogen and oxygen atoms in total. The number of benzene rings is 1. The molecule has 1 aromatic carbocycles. The number of H-pyrrole nitrogens is 1. The van der Waals surface area contributed by atoms with E-state index in [4.69, 9.17) is 4.74 Å². The lowest BCUT2D eigenvalue weighted by molar-refractivity contribution is 0.0520. The topological polar surface area (TPSA) is 42.1 Å². The van der Waals surface area contributed by atoms with Crippen LogP contribution in [0.25, 0.3) is 10.9 Å². The van der Waals surface area contributed by atoms with Crippen molar-refractivity contribution in [2.45, 2.75) is 34.6 Å². The fourth-order valence-corrected chi connectivity index (χ4v) is 2.32. The second-order valence-corrected chi connectivity index (χ2v) is 4.69. The lowest BCUT2D eigenvalue weighted by atomic mass is 9.96. The summed E-state index contributed by atoms with van der Waals surface area (Å²) in [6.45, 7) is 10.6. The lowest BCUT2D eigenvalue weighted by Crippen LogP contribution is -2.04. The summed E-state index contributed by atoms with van der Waals surface area (Å²) < 4.78 is 5.03. The minimum Gasteiger partial charge on any atom is -0.461 e. The van der Waals surface area contributed by atoms with Crippen LogP contribution in [0.4, 0.5) is 0 Å². The normalized spacial score (nSPS) is 10.9. The standard InChI is InChI=1S/C15H19NO2/c1-6-18-15(17)13-7-12-10(4)8(2)9(3)11(5)14(12)16-13/h7,16H,6H2,1-5H3. The van der Waals surface area contributed by atoms with E-state index in [0.29, 0.717) is 12.3 Å². The molecule has 0 spiro atoms. The van der Waals surface area contributed by atoms with Gasteiger partial charge in [-0.2, -0.15) is 0 Å². The van der Waals surface area contributed by atoms with Gasteiger partial charge in [-0.05, 0) is 62.9 Å². The van der Waals surface area contributed by atoms with E-state index in [1.165, 1.54) is 22.3 Å². The molecule has 1 heterocycles. The molecule has 0 saturated carbocycles. The highest BCUT2D eigenvalue weighted by molar-refractivity contribution is 5.97. The average molecular weight is 245 g/mol. The van der Waals surface area contributed by atoms with Gasteiger partial charge in [-0.15, -0.1) is 0 Å². The van der Waals surface area contributed by atoms with E-state index in [9.17, 15) is 4.79 Å². The highest BCUT2D eigenvalue weighted by Gasteiger charge is 2.15. The van der Waals surface area contributed by atoms with Gasteiger partial charge in [0.25, 0.3) is 0 Å². The van der Waals surface area contributed by atoms with Crippen molar-refractivity contribution in [3.8, 4) is 0 Å². The van der Waals surface area contributed by atoms with Crippen molar-refractivity contribution in [3.05, 3.63) is 34.0 Å². The number of hydrogen-bond acceptors (Lipinski definition) is 2. The van der Waals surface area contributed by atoms with E-state index in [0.717, 1.165) is 10.9 Å². The number of carbonyl (C=O) groups excluding carboxylic acids is 1. The second kappa shape index (κ2) is 4.48. The van der Waals surface area contributed by atoms with Crippen molar-refractivity contribution in [3.63, 3.8) is 0 Å². The number of carbonyl (C=O) groups is 1. The van der Waals surface area contributed by atoms with Gasteiger partial charge >= 0.3 is 5.97 Å². The Morgan fingerprint density at radius 2 is 1.72 bits per heavy atom. The van der Waals surface area contributed by atoms with Gasteiger partial charge in [-0.3, -0.25) is 0 Å². The van der Waals surface area contributed by atoms with Crippen LogP contribution in [-0.2, 0) is 4.74 Å². The first-order valence-electron chi connectivity index (χ1n) is 6.23. The summed E-state index contributed by atoms with van der Waals surface area (Å²) in [5.74, 6) is -0.289. The molecule has 2 aromatic rings. The monoisotopic (exact) mass is 245 g/mol. The number of aromatic nitrogens is 1. The number of ether oxygens (including phenoxy) is 1. The zero-order valence-electron chi connectivity index (χ0n) is 11.6. The van der Waals surface area contributed by atoms with Crippen LogP contribution in [0.3, 0.4) is 0 Å². The Kier molecular flexibility index (Phi) is 3.16. The zero-order valence-corrected chi connectivity index (χ0v) is 11.6. The first kappa shape index (κ1) is 12.7. The Balaban J connectivity index is 2.68. The summed E-state index contributed by atoms with van der Waals surface area (Å²) in [4.78, 5) is 14.9. The third kappa shape index (κ3) is 1.80. The third-order valence-electron chi connectivity index (χ3n) is 3.78. The smallest absolute Gasteiger partial charge is 0.354 e. The minimum atomic E-state index is -0.289. The number of nitrogens with one attached hydrogen (secondary N) is 1. The quantitative estimate of drug-likeness (QED) is 0.822. The molecule has 96 valence electrons. The Morgan fingerprint density at radius 1 is 1.11 bits per heavy atom. The van der Waals surface area contributed by atoms with Crippen LogP contribution in [0.15, 0.2) is 6.07 Å². The molecular weight excluding hydrogens is 226 g/mol. The number of aromatic amines is 1. The molecule has 0 aliphatic rings. The molecule has 0 saturated heterocycles. The van der Waals surface area contributed by atoms with Crippen molar-refractivity contribution in [2.75, 3.05) is 6.61 Å². The molecular formula is C15H19NO2. The summed E-state index contributed by atoms with van der Waals surface area (Å²) in [7, 11) is 0. The zero-order chi connectivity index (χ0) is 13.4. The van der Waals surface area contributed by atoms with Crippen LogP contribution < -0.4 is 0 Å². The van der Waals surface area contributed by atoms with Gasteiger partial charge in [0.1, 0.15) is 5.69 Å². The van der Waals surface area contributed by atoms with Crippen LogP contribution in [0.5, 0.6) is 0 Å². The Labute approximate surface area is 107 Å². The molecule has 0 fully saturated rings. The molecule has 0 radical (unpaired) electrons. The van der Waals surface area contributed by atoms with E-state index >= 15 is 0 Å². The molecule has 0 aliphatic carbocycles. The highest BCUT2D eigenvalue weighted by atomic mass is 16.5. The van der Waals surface area contributed by atoms with Crippen LogP contribution in [0.2, 0.25) is 0 Å². The van der Waals surface area contributed by atoms with Gasteiger partial charge in [-0.25, -0.2) is 4.79 Å². The van der Waals surface area contributed by atoms with Crippen molar-refractivity contribution >= 4 is 16.9 Å². The van der Waals surface area contributed by atoms with E-state index < -0.39 is 0 Å². The first-order chi connectivity index (χ1) is 8.47. The van der Waals surface area contributed by atoms with Gasteiger partial charge in [0.15, 0.2) is 0 Å². The fraction of sp³-hybridized carbons (Fsp3) is 0.400. The fourth-order valence-electron chi connectivity index (χ4n) is 2.32. The molecule has 0 unspecified atom stereocenters. The molecule has 18 heavy (non-hydrogen) atoms. The van der Waals surface area contributed by atoms with Gasteiger partial charge < -0.3 is 9.72 Å². The maximum Gasteiger partial charge on any atom is 0.354 e. The third-order valence-corrected chi connectivity index (χ3v) is 3.78. The maximum atomic E-state index is 11.8. The largest absolute Gasteiger partial charge is 0.461 e. The molecule has 0 bridgehead atoms. The van der Waals surface area contributed by atoms with Crippen molar-refractivity contribution in [1.82, 2.24) is 4.98 Å². The van der Waals surface area contributed by atoms with Gasteiger partial charge in [0.2, 0.25) is 0 Å². The number of hydrogen-bond donors (Lipinski definition) is 1. The molecule has 0 amide bonds. The molecule has 1 N–H and O–H groups in total. The molecule has 0 atom stereocenters. The van der Waals surface area contributed by atoms with Crippen LogP contribution in [0, 0.1) is 27.7 Å². The summed E-state index contributed by atoms with van der Waals surface area (Å²) in [6.07, 6.45) is 0. The lowest BCUT2D eigenvalue weighted by Gasteiger charge is -2.10. The predicted molar refractivity (Wildman–Crippen MR) is 73.2 cm³/mol. The van der Waals surface area contributed by atoms with Crippen molar-refractivity contribution in [1.29, 1.82) is 0 Å². The average Bonchev–Trinajstić information content (AvgIpc) is 2.79. The first-order valence-corrected chi connectivity index (χ1v) is 6.23. The second-order valence-electron chi connectivity index (χ2n) is 4.69. The van der Waals surface area contributed by atoms with Gasteiger partial charge in [-0.1, -0.05) is 0 Å². The van der Waals surface area contributed by atoms with E-state index in [-0.39, 0.29) is 5.97 Å². The maximum absolute atomic E-state index is 11.8. The molecule has 2 rings (SSSR count).